The number of nitrogens with zero attached hydrogens (tertiary/aromatic N) is 1. The predicted molar refractivity (Wildman–Crippen MR) is 90.9 cm³/mol. The van der Waals surface area contributed by atoms with Crippen molar-refractivity contribution < 1.29 is 24.5 Å². The third-order valence-corrected chi connectivity index (χ3v) is 3.28. The molecule has 1 heterocycles. The topological polar surface area (TPSA) is 88.9 Å². The molecule has 0 saturated heterocycles. The fraction of sp³-hybridized carbons (Fsp3) is 0.111. The minimum atomic E-state index is -1.83. The van der Waals surface area contributed by atoms with Gasteiger partial charge in [-0.15, -0.1) is 0 Å². The minimum Gasteiger partial charge on any atom is -0.493 e. The maximum absolute atomic E-state index is 8.56. The van der Waals surface area contributed by atoms with E-state index in [9.17, 15) is 0 Å². The monoisotopic (exact) mass is 327 g/mol. The minimum absolute atomic E-state index is 0.708. The van der Waals surface area contributed by atoms with Gasteiger partial charge in [-0.2, -0.15) is 0 Å². The molecule has 3 rings (SSSR count). The highest BCUT2D eigenvalue weighted by Crippen LogP contribution is 2.32. The van der Waals surface area contributed by atoms with Gasteiger partial charge < -0.3 is 19.7 Å². The van der Waals surface area contributed by atoms with E-state index in [-0.39, 0.29) is 0 Å². The lowest BCUT2D eigenvalue weighted by atomic mass is 10.1. The second-order valence-corrected chi connectivity index (χ2v) is 4.74. The Hall–Kier alpha value is -3.28. The molecule has 0 fully saturated rings. The summed E-state index contributed by atoms with van der Waals surface area (Å²) in [4.78, 5) is 13.2. The zero-order valence-electron chi connectivity index (χ0n) is 13.3. The van der Waals surface area contributed by atoms with Gasteiger partial charge in [-0.25, -0.2) is 9.78 Å². The Kier molecular flexibility index (Phi) is 5.57. The molecule has 2 N–H and O–H groups in total. The molecule has 0 unspecified atom stereocenters. The van der Waals surface area contributed by atoms with Crippen LogP contribution < -0.4 is 9.47 Å². The lowest BCUT2D eigenvalue weighted by Gasteiger charge is -2.09. The quantitative estimate of drug-likeness (QED) is 0.751. The van der Waals surface area contributed by atoms with E-state index in [1.807, 2.05) is 42.5 Å². The molecule has 3 aromatic rings. The van der Waals surface area contributed by atoms with E-state index in [0.29, 0.717) is 5.75 Å². The second kappa shape index (κ2) is 7.82. The molecule has 124 valence electrons. The van der Waals surface area contributed by atoms with Crippen LogP contribution in [0, 0.1) is 0 Å². The van der Waals surface area contributed by atoms with Crippen molar-refractivity contribution in [3.8, 4) is 22.8 Å². The largest absolute Gasteiger partial charge is 0.503 e. The highest BCUT2D eigenvalue weighted by atomic mass is 16.6. The third-order valence-electron chi connectivity index (χ3n) is 3.28. The number of aromatic nitrogens is 1. The summed E-state index contributed by atoms with van der Waals surface area (Å²) in [6, 6.07) is 18.0. The normalized spacial score (nSPS) is 9.75. The van der Waals surface area contributed by atoms with Crippen LogP contribution in [0.25, 0.3) is 22.2 Å². The standard InChI is InChI=1S/C17H15NO2.CH2O3/c1-19-16-10-8-13(11-17(16)20-2)15-9-7-12-5-3-4-6-14(12)18-15;2-1(3)4/h3-11H,1-2H3;(H2,2,3,4). The van der Waals surface area contributed by atoms with Gasteiger partial charge in [-0.1, -0.05) is 24.3 Å². The molecule has 0 aliphatic rings. The first-order chi connectivity index (χ1) is 11.5. The number of hydrogen-bond acceptors (Lipinski definition) is 4. The Bertz CT molecular complexity index is 844. The predicted octanol–water partition coefficient (Wildman–Crippen LogP) is 4.14. The van der Waals surface area contributed by atoms with Gasteiger partial charge in [0.15, 0.2) is 11.5 Å². The van der Waals surface area contributed by atoms with E-state index in [1.54, 1.807) is 14.2 Å². The number of fused-ring (bicyclic) bond motifs is 1. The van der Waals surface area contributed by atoms with Gasteiger partial charge in [0.25, 0.3) is 0 Å². The summed E-state index contributed by atoms with van der Waals surface area (Å²) in [6.07, 6.45) is -1.83. The van der Waals surface area contributed by atoms with Crippen molar-refractivity contribution in [3.05, 3.63) is 54.6 Å². The molecule has 0 aliphatic carbocycles. The first-order valence-corrected chi connectivity index (χ1v) is 7.05. The van der Waals surface area contributed by atoms with Crippen LogP contribution in [0.4, 0.5) is 4.79 Å². The molecule has 0 amide bonds. The van der Waals surface area contributed by atoms with Crippen LogP contribution in [0.2, 0.25) is 0 Å². The van der Waals surface area contributed by atoms with Crippen molar-refractivity contribution in [1.29, 1.82) is 0 Å². The summed E-state index contributed by atoms with van der Waals surface area (Å²) in [6.45, 7) is 0. The van der Waals surface area contributed by atoms with E-state index in [2.05, 4.69) is 17.1 Å². The zero-order chi connectivity index (χ0) is 17.5. The fourth-order valence-electron chi connectivity index (χ4n) is 2.22. The first-order valence-electron chi connectivity index (χ1n) is 7.05. The van der Waals surface area contributed by atoms with Gasteiger partial charge in [-0.05, 0) is 30.3 Å². The van der Waals surface area contributed by atoms with Crippen LogP contribution in [-0.2, 0) is 0 Å². The van der Waals surface area contributed by atoms with Crippen molar-refractivity contribution in [2.24, 2.45) is 0 Å². The van der Waals surface area contributed by atoms with Gasteiger partial charge in [0, 0.05) is 10.9 Å². The second-order valence-electron chi connectivity index (χ2n) is 4.74. The molecule has 0 spiro atoms. The number of para-hydroxylation sites is 1. The number of pyridine rings is 1. The SMILES string of the molecule is COc1ccc(-c2ccc3ccccc3n2)cc1OC.O=C(O)O. The molecule has 0 radical (unpaired) electrons. The Labute approximate surface area is 138 Å². The lowest BCUT2D eigenvalue weighted by molar-refractivity contribution is 0.137. The third kappa shape index (κ3) is 4.13. The molecule has 1 aromatic heterocycles. The Balaban J connectivity index is 0.000000471. The summed E-state index contributed by atoms with van der Waals surface area (Å²) in [5, 5.41) is 15.1. The van der Waals surface area contributed by atoms with Crippen molar-refractivity contribution in [2.75, 3.05) is 14.2 Å². The molecule has 24 heavy (non-hydrogen) atoms. The molecule has 6 nitrogen and oxygen atoms in total. The summed E-state index contributed by atoms with van der Waals surface area (Å²) < 4.78 is 10.6. The molecule has 2 aromatic carbocycles. The number of carboxylic acid groups (broad SMARTS) is 2. The van der Waals surface area contributed by atoms with Gasteiger partial charge in [0.2, 0.25) is 0 Å². The molecular formula is C18H17NO5. The molecule has 0 bridgehead atoms. The average molecular weight is 327 g/mol. The van der Waals surface area contributed by atoms with Crippen molar-refractivity contribution in [3.63, 3.8) is 0 Å². The van der Waals surface area contributed by atoms with Gasteiger partial charge in [-0.3, -0.25) is 0 Å². The van der Waals surface area contributed by atoms with E-state index in [1.165, 1.54) is 0 Å². The number of benzene rings is 2. The van der Waals surface area contributed by atoms with Crippen molar-refractivity contribution in [1.82, 2.24) is 4.98 Å². The molecule has 0 atom stereocenters. The highest BCUT2D eigenvalue weighted by molar-refractivity contribution is 5.81. The molecular weight excluding hydrogens is 310 g/mol. The molecule has 6 heteroatoms. The van der Waals surface area contributed by atoms with Crippen molar-refractivity contribution in [2.45, 2.75) is 0 Å². The number of ether oxygens (including phenoxy) is 2. The lowest BCUT2D eigenvalue weighted by Crippen LogP contribution is -1.92. The zero-order valence-corrected chi connectivity index (χ0v) is 13.3. The number of rotatable bonds is 3. The summed E-state index contributed by atoms with van der Waals surface area (Å²) in [7, 11) is 3.27. The average Bonchev–Trinajstić information content (AvgIpc) is 2.60. The van der Waals surface area contributed by atoms with E-state index >= 15 is 0 Å². The number of carbonyl (C=O) groups is 1. The maximum atomic E-state index is 8.56. The Morgan fingerprint density at radius 2 is 1.58 bits per heavy atom. The van der Waals surface area contributed by atoms with E-state index in [0.717, 1.165) is 27.9 Å². The summed E-state index contributed by atoms with van der Waals surface area (Å²) in [5.41, 5.74) is 2.91. The first kappa shape index (κ1) is 17.1. The van der Waals surface area contributed by atoms with Crippen LogP contribution in [-0.4, -0.2) is 35.6 Å². The van der Waals surface area contributed by atoms with Crippen LogP contribution >= 0.6 is 0 Å². The molecule has 0 saturated carbocycles. The number of hydrogen-bond donors (Lipinski definition) is 2. The van der Waals surface area contributed by atoms with E-state index < -0.39 is 6.16 Å². The van der Waals surface area contributed by atoms with Crippen LogP contribution in [0.5, 0.6) is 11.5 Å². The summed E-state index contributed by atoms with van der Waals surface area (Å²) >= 11 is 0. The molecule has 0 aliphatic heterocycles. The van der Waals surface area contributed by atoms with Gasteiger partial charge in [0.1, 0.15) is 0 Å². The highest BCUT2D eigenvalue weighted by Gasteiger charge is 2.07. The maximum Gasteiger partial charge on any atom is 0.503 e. The Morgan fingerprint density at radius 3 is 2.25 bits per heavy atom. The van der Waals surface area contributed by atoms with Gasteiger partial charge in [0.05, 0.1) is 25.4 Å². The van der Waals surface area contributed by atoms with Crippen LogP contribution in [0.3, 0.4) is 0 Å². The fourth-order valence-corrected chi connectivity index (χ4v) is 2.22. The van der Waals surface area contributed by atoms with Gasteiger partial charge >= 0.3 is 6.16 Å². The Morgan fingerprint density at radius 1 is 0.917 bits per heavy atom. The summed E-state index contributed by atoms with van der Waals surface area (Å²) in [5.74, 6) is 1.43. The van der Waals surface area contributed by atoms with Crippen LogP contribution in [0.1, 0.15) is 0 Å². The number of methoxy groups -OCH3 is 2. The van der Waals surface area contributed by atoms with Crippen molar-refractivity contribution >= 4 is 17.1 Å². The smallest absolute Gasteiger partial charge is 0.493 e. The van der Waals surface area contributed by atoms with Crippen LogP contribution in [0.15, 0.2) is 54.6 Å². The van der Waals surface area contributed by atoms with E-state index in [4.69, 9.17) is 24.5 Å².